The van der Waals surface area contributed by atoms with Crippen LogP contribution in [-0.2, 0) is 16.0 Å². The van der Waals surface area contributed by atoms with E-state index in [0.29, 0.717) is 0 Å². The second-order valence-electron chi connectivity index (χ2n) is 3.90. The largest absolute Gasteiger partial charge is 0.464 e. The van der Waals surface area contributed by atoms with Gasteiger partial charge in [0, 0.05) is 25.0 Å². The predicted molar refractivity (Wildman–Crippen MR) is 73.4 cm³/mol. The molecule has 6 heteroatoms. The molecule has 1 N–H and O–H groups in total. The lowest BCUT2D eigenvalue weighted by atomic mass is 10.1. The molecular formula is C12H15BrN2O3. The molecule has 1 aromatic carbocycles. The van der Waals surface area contributed by atoms with Gasteiger partial charge in [-0.25, -0.2) is 4.79 Å². The summed E-state index contributed by atoms with van der Waals surface area (Å²) < 4.78 is 5.43. The van der Waals surface area contributed by atoms with Gasteiger partial charge >= 0.3 is 5.97 Å². The van der Waals surface area contributed by atoms with Gasteiger partial charge in [0.1, 0.15) is 0 Å². The van der Waals surface area contributed by atoms with Crippen LogP contribution in [0.15, 0.2) is 27.8 Å². The summed E-state index contributed by atoms with van der Waals surface area (Å²) in [6, 6.07) is 5.67. The summed E-state index contributed by atoms with van der Waals surface area (Å²) in [5.74, 6) is -0.634. The Morgan fingerprint density at radius 2 is 2.17 bits per heavy atom. The van der Waals surface area contributed by atoms with E-state index >= 15 is 0 Å². The third-order valence-corrected chi connectivity index (χ3v) is 3.04. The van der Waals surface area contributed by atoms with Crippen molar-refractivity contribution >= 4 is 33.3 Å². The summed E-state index contributed by atoms with van der Waals surface area (Å²) in [5, 5.41) is 11.7. The van der Waals surface area contributed by atoms with Crippen LogP contribution in [0.25, 0.3) is 0 Å². The molecule has 0 aliphatic carbocycles. The second kappa shape index (κ2) is 6.39. The molecule has 0 heterocycles. The van der Waals surface area contributed by atoms with E-state index in [1.807, 2.05) is 37.2 Å². The van der Waals surface area contributed by atoms with Gasteiger partial charge in [-0.05, 0) is 33.6 Å². The van der Waals surface area contributed by atoms with Crippen LogP contribution in [0.1, 0.15) is 5.56 Å². The molecule has 98 valence electrons. The lowest BCUT2D eigenvalue weighted by Gasteiger charge is -2.15. The van der Waals surface area contributed by atoms with E-state index in [-0.39, 0.29) is 12.1 Å². The zero-order chi connectivity index (χ0) is 13.7. The third kappa shape index (κ3) is 3.46. The van der Waals surface area contributed by atoms with Crippen molar-refractivity contribution in [2.24, 2.45) is 5.16 Å². The highest BCUT2D eigenvalue weighted by Crippen LogP contribution is 2.26. The lowest BCUT2D eigenvalue weighted by Crippen LogP contribution is -2.18. The molecule has 18 heavy (non-hydrogen) atoms. The molecule has 0 unspecified atom stereocenters. The number of carbonyl (C=O) groups excluding carboxylic acids is 1. The Morgan fingerprint density at radius 3 is 2.61 bits per heavy atom. The number of carbonyl (C=O) groups is 1. The van der Waals surface area contributed by atoms with Crippen molar-refractivity contribution in [3.05, 3.63) is 28.2 Å². The minimum absolute atomic E-state index is 0.0259. The molecule has 0 amide bonds. The number of esters is 1. The van der Waals surface area contributed by atoms with Gasteiger partial charge in [0.05, 0.1) is 12.8 Å². The second-order valence-corrected chi connectivity index (χ2v) is 4.75. The highest BCUT2D eigenvalue weighted by atomic mass is 79.9. The normalized spacial score (nSPS) is 11.2. The molecule has 0 saturated heterocycles. The summed E-state index contributed by atoms with van der Waals surface area (Å²) in [6.45, 7) is 0. The van der Waals surface area contributed by atoms with Crippen molar-refractivity contribution in [1.82, 2.24) is 0 Å². The first-order valence-corrected chi connectivity index (χ1v) is 6.04. The van der Waals surface area contributed by atoms with Gasteiger partial charge in [-0.15, -0.1) is 0 Å². The van der Waals surface area contributed by atoms with E-state index in [0.717, 1.165) is 15.7 Å². The van der Waals surface area contributed by atoms with Crippen LogP contribution in [0.2, 0.25) is 0 Å². The van der Waals surface area contributed by atoms with Crippen molar-refractivity contribution in [3.63, 3.8) is 0 Å². The molecule has 0 atom stereocenters. The summed E-state index contributed by atoms with van der Waals surface area (Å²) in [7, 11) is 5.13. The number of ether oxygens (including phenoxy) is 1. The van der Waals surface area contributed by atoms with Crippen LogP contribution in [0, 0.1) is 0 Å². The first kappa shape index (κ1) is 14.5. The van der Waals surface area contributed by atoms with Crippen LogP contribution in [0.4, 0.5) is 5.69 Å². The van der Waals surface area contributed by atoms with E-state index in [9.17, 15) is 4.79 Å². The zero-order valence-corrected chi connectivity index (χ0v) is 12.1. The third-order valence-electron chi connectivity index (χ3n) is 2.41. The van der Waals surface area contributed by atoms with E-state index in [2.05, 4.69) is 25.8 Å². The van der Waals surface area contributed by atoms with Crippen LogP contribution >= 0.6 is 15.9 Å². The number of halogens is 1. The molecule has 0 aliphatic heterocycles. The average molecular weight is 315 g/mol. The number of benzene rings is 1. The van der Waals surface area contributed by atoms with Crippen LogP contribution in [0.5, 0.6) is 0 Å². The molecule has 0 aromatic heterocycles. The number of methoxy groups -OCH3 is 1. The van der Waals surface area contributed by atoms with Gasteiger partial charge in [0.25, 0.3) is 0 Å². The predicted octanol–water partition coefficient (Wildman–Crippen LogP) is 2.06. The minimum atomic E-state index is -0.634. The van der Waals surface area contributed by atoms with Gasteiger partial charge in [-0.1, -0.05) is 11.2 Å². The zero-order valence-electron chi connectivity index (χ0n) is 10.5. The number of hydrogen-bond acceptors (Lipinski definition) is 5. The van der Waals surface area contributed by atoms with Gasteiger partial charge in [-0.3, -0.25) is 0 Å². The fraction of sp³-hybridized carbons (Fsp3) is 0.333. The molecule has 0 fully saturated rings. The Bertz CT molecular complexity index is 472. The van der Waals surface area contributed by atoms with Crippen molar-refractivity contribution in [1.29, 1.82) is 0 Å². The number of anilines is 1. The van der Waals surface area contributed by atoms with E-state index in [1.54, 1.807) is 0 Å². The Morgan fingerprint density at radius 1 is 1.50 bits per heavy atom. The molecular weight excluding hydrogens is 300 g/mol. The molecule has 0 radical (unpaired) electrons. The Balaban J connectivity index is 2.93. The summed E-state index contributed by atoms with van der Waals surface area (Å²) in [4.78, 5) is 13.2. The Kier molecular flexibility index (Phi) is 5.15. The number of nitrogens with zero attached hydrogens (tertiary/aromatic N) is 2. The molecule has 5 nitrogen and oxygen atoms in total. The van der Waals surface area contributed by atoms with Crippen LogP contribution < -0.4 is 4.90 Å². The SMILES string of the molecule is COC(=O)/C(Cc1ccc(N(C)C)c(Br)c1)=N\O. The highest BCUT2D eigenvalue weighted by molar-refractivity contribution is 9.10. The van der Waals surface area contributed by atoms with E-state index < -0.39 is 5.97 Å². The van der Waals surface area contributed by atoms with Gasteiger partial charge in [-0.2, -0.15) is 0 Å². The number of rotatable bonds is 4. The van der Waals surface area contributed by atoms with E-state index in [1.165, 1.54) is 7.11 Å². The first-order valence-electron chi connectivity index (χ1n) is 5.24. The molecule has 0 spiro atoms. The summed E-state index contributed by atoms with van der Waals surface area (Å²) >= 11 is 3.45. The van der Waals surface area contributed by atoms with Crippen molar-refractivity contribution in [2.45, 2.75) is 6.42 Å². The first-order chi connectivity index (χ1) is 8.49. The Labute approximate surface area is 114 Å². The van der Waals surface area contributed by atoms with Crippen molar-refractivity contribution < 1.29 is 14.7 Å². The Hall–Kier alpha value is -1.56. The number of oxime groups is 1. The van der Waals surface area contributed by atoms with Crippen molar-refractivity contribution in [3.8, 4) is 0 Å². The van der Waals surface area contributed by atoms with Gasteiger partial charge < -0.3 is 14.8 Å². The van der Waals surface area contributed by atoms with Crippen LogP contribution in [0.3, 0.4) is 0 Å². The van der Waals surface area contributed by atoms with Crippen LogP contribution in [-0.4, -0.2) is 38.1 Å². The summed E-state index contributed by atoms with van der Waals surface area (Å²) in [5.41, 5.74) is 1.85. The monoisotopic (exact) mass is 314 g/mol. The molecule has 0 aliphatic rings. The molecule has 1 aromatic rings. The molecule has 1 rings (SSSR count). The quantitative estimate of drug-likeness (QED) is 0.400. The van der Waals surface area contributed by atoms with Gasteiger partial charge in [0.2, 0.25) is 0 Å². The smallest absolute Gasteiger partial charge is 0.356 e. The maximum Gasteiger partial charge on any atom is 0.356 e. The fourth-order valence-electron chi connectivity index (χ4n) is 1.48. The maximum atomic E-state index is 11.3. The topological polar surface area (TPSA) is 62.1 Å². The number of hydrogen-bond donors (Lipinski definition) is 1. The summed E-state index contributed by atoms with van der Waals surface area (Å²) in [6.07, 6.45) is 0.218. The highest BCUT2D eigenvalue weighted by Gasteiger charge is 2.14. The van der Waals surface area contributed by atoms with E-state index in [4.69, 9.17) is 5.21 Å². The lowest BCUT2D eigenvalue weighted by molar-refractivity contribution is -0.132. The average Bonchev–Trinajstić information content (AvgIpc) is 2.34. The van der Waals surface area contributed by atoms with Gasteiger partial charge in [0.15, 0.2) is 5.71 Å². The standard InChI is InChI=1S/C12H15BrN2O3/c1-15(2)11-5-4-8(6-9(11)13)7-10(14-17)12(16)18-3/h4-6,17H,7H2,1-3H3/b14-10-. The molecule has 0 saturated carbocycles. The fourth-order valence-corrected chi connectivity index (χ4v) is 2.26. The maximum absolute atomic E-state index is 11.3. The van der Waals surface area contributed by atoms with Crippen molar-refractivity contribution in [2.75, 3.05) is 26.1 Å². The molecule has 0 bridgehead atoms. The minimum Gasteiger partial charge on any atom is -0.464 e.